The van der Waals surface area contributed by atoms with Gasteiger partial charge in [-0.05, 0) is 68.5 Å². The molecule has 1 aromatic carbocycles. The third-order valence-corrected chi connectivity index (χ3v) is 9.13. The minimum atomic E-state index is -0.502. The maximum Gasteiger partial charge on any atom is 0.324 e. The molecule has 3 N–H and O–H groups in total. The molecular formula is C34H46N6O4S. The molecule has 0 aliphatic carbocycles. The number of benzene rings is 1. The summed E-state index contributed by atoms with van der Waals surface area (Å²) >= 11 is 1.39. The predicted octanol–water partition coefficient (Wildman–Crippen LogP) is 5.88. The van der Waals surface area contributed by atoms with Crippen molar-refractivity contribution < 1.29 is 19.1 Å². The van der Waals surface area contributed by atoms with Crippen LogP contribution in [0.3, 0.4) is 0 Å². The summed E-state index contributed by atoms with van der Waals surface area (Å²) in [5.74, 6) is -0.210. The number of nitrogens with zero attached hydrogens (tertiary/aromatic N) is 3. The van der Waals surface area contributed by atoms with Gasteiger partial charge in [-0.3, -0.25) is 24.8 Å². The van der Waals surface area contributed by atoms with E-state index in [1.807, 2.05) is 64.2 Å². The Morgan fingerprint density at radius 2 is 1.78 bits per heavy atom. The first-order chi connectivity index (χ1) is 21.3. The molecule has 0 radical (unpaired) electrons. The van der Waals surface area contributed by atoms with Crippen LogP contribution in [-0.4, -0.2) is 78.1 Å². The Balaban J connectivity index is 1.52. The van der Waals surface area contributed by atoms with Crippen LogP contribution in [0.5, 0.6) is 0 Å². The average Bonchev–Trinajstić information content (AvgIpc) is 3.41. The van der Waals surface area contributed by atoms with Gasteiger partial charge in [0.2, 0.25) is 6.41 Å². The van der Waals surface area contributed by atoms with Crippen molar-refractivity contribution in [2.75, 3.05) is 50.0 Å². The monoisotopic (exact) mass is 634 g/mol. The van der Waals surface area contributed by atoms with Crippen LogP contribution in [0.25, 0.3) is 11.3 Å². The Bertz CT molecular complexity index is 1480. The van der Waals surface area contributed by atoms with Gasteiger partial charge in [0, 0.05) is 60.6 Å². The molecule has 3 heterocycles. The number of thiophene rings is 1. The van der Waals surface area contributed by atoms with Crippen molar-refractivity contribution in [1.82, 2.24) is 20.1 Å². The molecule has 242 valence electrons. The number of nitrogens with one attached hydrogen (secondary N) is 3. The number of carbonyl (C=O) groups excluding carboxylic acids is 3. The van der Waals surface area contributed by atoms with Gasteiger partial charge < -0.3 is 20.3 Å². The van der Waals surface area contributed by atoms with E-state index >= 15 is 0 Å². The standard InChI is InChI=1S/C34H46N6O4S/c1-23-8-10-25(18-26(23)28-11-9-24(20-36-28)21-39-14-16-44-17-15-39)37-32(43)38-30-27(19-29(45-30)33(2,3)4)31(42)40(34(5,6)7)13-12-35-22-41/h8-11,18-20,22H,12-17,21H2,1-7H3,(H,35,41)(H2,37,38,43). The summed E-state index contributed by atoms with van der Waals surface area (Å²) in [4.78, 5) is 47.9. The van der Waals surface area contributed by atoms with Gasteiger partial charge in [0.25, 0.3) is 5.91 Å². The van der Waals surface area contributed by atoms with Crippen molar-refractivity contribution in [1.29, 1.82) is 0 Å². The number of anilines is 2. The lowest BCUT2D eigenvalue weighted by Gasteiger charge is -2.35. The largest absolute Gasteiger partial charge is 0.379 e. The van der Waals surface area contributed by atoms with Crippen LogP contribution in [0.15, 0.2) is 42.6 Å². The Kier molecular flexibility index (Phi) is 11.0. The van der Waals surface area contributed by atoms with Crippen molar-refractivity contribution in [3.63, 3.8) is 0 Å². The minimum Gasteiger partial charge on any atom is -0.379 e. The minimum absolute atomic E-state index is 0.210. The fourth-order valence-electron chi connectivity index (χ4n) is 5.07. The molecule has 1 fully saturated rings. The van der Waals surface area contributed by atoms with Crippen molar-refractivity contribution >= 4 is 40.4 Å². The van der Waals surface area contributed by atoms with E-state index in [2.05, 4.69) is 47.7 Å². The molecule has 1 aliphatic heterocycles. The van der Waals surface area contributed by atoms with E-state index < -0.39 is 11.6 Å². The van der Waals surface area contributed by atoms with Crippen LogP contribution in [0.1, 0.15) is 67.9 Å². The Morgan fingerprint density at radius 3 is 2.40 bits per heavy atom. The molecule has 1 saturated heterocycles. The molecule has 45 heavy (non-hydrogen) atoms. The van der Waals surface area contributed by atoms with Crippen molar-refractivity contribution in [3.05, 3.63) is 64.2 Å². The third kappa shape index (κ3) is 9.12. The van der Waals surface area contributed by atoms with Crippen LogP contribution in [0.4, 0.5) is 15.5 Å². The summed E-state index contributed by atoms with van der Waals surface area (Å²) in [5.41, 5.74) is 4.26. The summed E-state index contributed by atoms with van der Waals surface area (Å²) in [6.45, 7) is 18.9. The molecule has 0 unspecified atom stereocenters. The first-order valence-corrected chi connectivity index (χ1v) is 16.2. The highest BCUT2D eigenvalue weighted by molar-refractivity contribution is 7.16. The summed E-state index contributed by atoms with van der Waals surface area (Å²) in [6.07, 6.45) is 2.54. The second kappa shape index (κ2) is 14.5. The fraction of sp³-hybridized carbons (Fsp3) is 0.471. The number of aromatic nitrogens is 1. The van der Waals surface area contributed by atoms with E-state index in [0.717, 1.165) is 60.1 Å². The summed E-state index contributed by atoms with van der Waals surface area (Å²) in [7, 11) is 0. The molecule has 4 rings (SSSR count). The van der Waals surface area contributed by atoms with Gasteiger partial charge >= 0.3 is 6.03 Å². The zero-order chi connectivity index (χ0) is 32.8. The topological polar surface area (TPSA) is 116 Å². The molecule has 10 nitrogen and oxygen atoms in total. The lowest BCUT2D eigenvalue weighted by atomic mass is 9.94. The number of morpholine rings is 1. The zero-order valence-electron chi connectivity index (χ0n) is 27.5. The number of urea groups is 1. The molecule has 2 aromatic heterocycles. The van der Waals surface area contributed by atoms with E-state index in [-0.39, 0.29) is 11.3 Å². The summed E-state index contributed by atoms with van der Waals surface area (Å²) in [6, 6.07) is 11.3. The average molecular weight is 635 g/mol. The fourth-order valence-corrected chi connectivity index (χ4v) is 6.17. The number of amides is 4. The number of aryl methyl sites for hydroxylation is 1. The number of carbonyl (C=O) groups is 3. The molecule has 0 bridgehead atoms. The van der Waals surface area contributed by atoms with Gasteiger partial charge in [0.15, 0.2) is 0 Å². The first-order valence-electron chi connectivity index (χ1n) is 15.3. The van der Waals surface area contributed by atoms with E-state index in [9.17, 15) is 14.4 Å². The van der Waals surface area contributed by atoms with E-state index in [0.29, 0.717) is 35.8 Å². The second-order valence-electron chi connectivity index (χ2n) is 13.4. The highest BCUT2D eigenvalue weighted by atomic mass is 32.1. The first kappa shape index (κ1) is 34.1. The van der Waals surface area contributed by atoms with E-state index in [1.165, 1.54) is 11.3 Å². The molecule has 0 atom stereocenters. The Hall–Kier alpha value is -3.80. The van der Waals surface area contributed by atoms with Crippen molar-refractivity contribution in [3.8, 4) is 11.3 Å². The van der Waals surface area contributed by atoms with Crippen LogP contribution < -0.4 is 16.0 Å². The molecule has 1 aliphatic rings. The number of pyridine rings is 1. The molecule has 0 saturated carbocycles. The lowest BCUT2D eigenvalue weighted by molar-refractivity contribution is -0.109. The number of ether oxygens (including phenoxy) is 1. The second-order valence-corrected chi connectivity index (χ2v) is 14.4. The molecule has 4 amide bonds. The van der Waals surface area contributed by atoms with Crippen molar-refractivity contribution in [2.45, 2.75) is 66.0 Å². The molecular weight excluding hydrogens is 588 g/mol. The molecule has 0 spiro atoms. The van der Waals surface area contributed by atoms with Gasteiger partial charge in [0.05, 0.1) is 24.5 Å². The van der Waals surface area contributed by atoms with Gasteiger partial charge in [0.1, 0.15) is 5.00 Å². The smallest absolute Gasteiger partial charge is 0.324 e. The number of rotatable bonds is 10. The highest BCUT2D eigenvalue weighted by Crippen LogP contribution is 2.37. The van der Waals surface area contributed by atoms with Crippen molar-refractivity contribution in [2.24, 2.45) is 0 Å². The maximum atomic E-state index is 13.9. The summed E-state index contributed by atoms with van der Waals surface area (Å²) in [5, 5.41) is 9.01. The van der Waals surface area contributed by atoms with Gasteiger partial charge in [-0.1, -0.05) is 32.9 Å². The molecule has 3 aromatic rings. The quantitative estimate of drug-likeness (QED) is 0.190. The van der Waals surface area contributed by atoms with Crippen LogP contribution in [0, 0.1) is 6.92 Å². The normalized spacial score (nSPS) is 14.1. The SMILES string of the molecule is Cc1ccc(NC(=O)Nc2sc(C(C)(C)C)cc2C(=O)N(CCNC=O)C(C)(C)C)cc1-c1ccc(CN2CCOCC2)cn1. The highest BCUT2D eigenvalue weighted by Gasteiger charge is 2.31. The van der Waals surface area contributed by atoms with Crippen LogP contribution >= 0.6 is 11.3 Å². The maximum absolute atomic E-state index is 13.9. The van der Waals surface area contributed by atoms with Gasteiger partial charge in [-0.25, -0.2) is 4.79 Å². The predicted molar refractivity (Wildman–Crippen MR) is 181 cm³/mol. The lowest BCUT2D eigenvalue weighted by Crippen LogP contribution is -2.48. The van der Waals surface area contributed by atoms with Crippen LogP contribution in [0.2, 0.25) is 0 Å². The summed E-state index contributed by atoms with van der Waals surface area (Å²) < 4.78 is 5.45. The van der Waals surface area contributed by atoms with E-state index in [1.54, 1.807) is 4.90 Å². The van der Waals surface area contributed by atoms with Crippen LogP contribution in [-0.2, 0) is 21.5 Å². The molecule has 11 heteroatoms. The van der Waals surface area contributed by atoms with Gasteiger partial charge in [-0.2, -0.15) is 0 Å². The third-order valence-electron chi connectivity index (χ3n) is 7.65. The number of hydrogen-bond acceptors (Lipinski definition) is 7. The Morgan fingerprint density at radius 1 is 1.04 bits per heavy atom. The zero-order valence-corrected chi connectivity index (χ0v) is 28.3. The van der Waals surface area contributed by atoms with Gasteiger partial charge in [-0.15, -0.1) is 11.3 Å². The Labute approximate surface area is 270 Å². The van der Waals surface area contributed by atoms with E-state index in [4.69, 9.17) is 9.72 Å². The number of hydrogen-bond donors (Lipinski definition) is 3.